The summed E-state index contributed by atoms with van der Waals surface area (Å²) in [6.45, 7) is 4.72. The first-order chi connectivity index (χ1) is 7.50. The Morgan fingerprint density at radius 3 is 2.88 bits per heavy atom. The van der Waals surface area contributed by atoms with E-state index in [1.54, 1.807) is 11.8 Å². The zero-order valence-electron chi connectivity index (χ0n) is 10.1. The van der Waals surface area contributed by atoms with Crippen molar-refractivity contribution in [1.29, 1.82) is 5.26 Å². The van der Waals surface area contributed by atoms with Crippen LogP contribution in [0.3, 0.4) is 0 Å². The zero-order valence-corrected chi connectivity index (χ0v) is 10.1. The molecule has 0 saturated carbocycles. The molecule has 0 bridgehead atoms. The number of nitrogens with zero attached hydrogens (tertiary/aromatic N) is 2. The average Bonchev–Trinajstić information content (AvgIpc) is 2.23. The molecule has 1 fully saturated rings. The van der Waals surface area contributed by atoms with E-state index in [0.29, 0.717) is 19.5 Å². The molecule has 0 aliphatic carbocycles. The first kappa shape index (κ1) is 13.0. The predicted molar refractivity (Wildman–Crippen MR) is 60.4 cm³/mol. The average molecular weight is 224 g/mol. The van der Waals surface area contributed by atoms with Gasteiger partial charge < -0.3 is 10.0 Å². The molecular weight excluding hydrogens is 204 g/mol. The molecule has 90 valence electrons. The number of hydrogen-bond acceptors (Lipinski definition) is 3. The number of piperidine rings is 1. The van der Waals surface area contributed by atoms with Gasteiger partial charge in [0.25, 0.3) is 0 Å². The van der Waals surface area contributed by atoms with Gasteiger partial charge in [-0.05, 0) is 26.2 Å². The van der Waals surface area contributed by atoms with Gasteiger partial charge in [0.1, 0.15) is 5.92 Å². The van der Waals surface area contributed by atoms with E-state index in [-0.39, 0.29) is 5.91 Å². The number of aliphatic hydroxyl groups is 1. The van der Waals surface area contributed by atoms with Crippen LogP contribution >= 0.6 is 0 Å². The third kappa shape index (κ3) is 3.21. The largest absolute Gasteiger partial charge is 0.388 e. The zero-order chi connectivity index (χ0) is 12.2. The van der Waals surface area contributed by atoms with Crippen LogP contribution in [0.1, 0.15) is 39.5 Å². The Morgan fingerprint density at radius 1 is 1.69 bits per heavy atom. The number of likely N-dealkylation sites (tertiary alicyclic amines) is 1. The van der Waals surface area contributed by atoms with Gasteiger partial charge in [-0.1, -0.05) is 13.3 Å². The molecule has 1 heterocycles. The number of amides is 1. The van der Waals surface area contributed by atoms with Crippen molar-refractivity contribution in [2.75, 3.05) is 13.1 Å². The number of carbonyl (C=O) groups is 1. The van der Waals surface area contributed by atoms with E-state index in [2.05, 4.69) is 6.07 Å². The molecule has 0 aromatic rings. The maximum Gasteiger partial charge on any atom is 0.240 e. The maximum absolute atomic E-state index is 12.0. The molecular formula is C12H20N2O2. The van der Waals surface area contributed by atoms with Gasteiger partial charge in [0.2, 0.25) is 5.91 Å². The summed E-state index contributed by atoms with van der Waals surface area (Å²) in [6, 6.07) is 2.05. The molecule has 1 aliphatic rings. The summed E-state index contributed by atoms with van der Waals surface area (Å²) >= 11 is 0. The molecule has 4 heteroatoms. The van der Waals surface area contributed by atoms with E-state index in [0.717, 1.165) is 19.3 Å². The van der Waals surface area contributed by atoms with E-state index < -0.39 is 11.5 Å². The third-order valence-electron chi connectivity index (χ3n) is 3.02. The van der Waals surface area contributed by atoms with E-state index in [1.807, 2.05) is 6.92 Å². The smallest absolute Gasteiger partial charge is 0.240 e. The highest BCUT2D eigenvalue weighted by atomic mass is 16.3. The second-order valence-corrected chi connectivity index (χ2v) is 4.83. The van der Waals surface area contributed by atoms with Crippen LogP contribution in [0.25, 0.3) is 0 Å². The molecule has 1 N–H and O–H groups in total. The van der Waals surface area contributed by atoms with E-state index >= 15 is 0 Å². The number of β-amino-alcohol motifs (C(OH)–C–C–N with tert-alkyl or cyclic N) is 1. The second kappa shape index (κ2) is 5.31. The van der Waals surface area contributed by atoms with E-state index in [9.17, 15) is 9.90 Å². The SMILES string of the molecule is CCCC(C#N)C(=O)N1CCCC(C)(O)C1. The van der Waals surface area contributed by atoms with Crippen LogP contribution in [-0.4, -0.2) is 34.6 Å². The van der Waals surface area contributed by atoms with Crippen molar-refractivity contribution in [2.45, 2.75) is 45.1 Å². The minimum atomic E-state index is -0.792. The number of nitriles is 1. The van der Waals surface area contributed by atoms with Crippen molar-refractivity contribution in [1.82, 2.24) is 4.90 Å². The summed E-state index contributed by atoms with van der Waals surface area (Å²) in [4.78, 5) is 13.6. The van der Waals surface area contributed by atoms with Gasteiger partial charge in [-0.15, -0.1) is 0 Å². The van der Waals surface area contributed by atoms with Crippen LogP contribution < -0.4 is 0 Å². The fourth-order valence-electron chi connectivity index (χ4n) is 2.16. The molecule has 1 aliphatic heterocycles. The minimum Gasteiger partial charge on any atom is -0.388 e. The Morgan fingerprint density at radius 2 is 2.38 bits per heavy atom. The van der Waals surface area contributed by atoms with Crippen molar-refractivity contribution in [3.63, 3.8) is 0 Å². The van der Waals surface area contributed by atoms with Gasteiger partial charge in [-0.25, -0.2) is 0 Å². The van der Waals surface area contributed by atoms with Gasteiger partial charge in [0, 0.05) is 13.1 Å². The minimum absolute atomic E-state index is 0.121. The number of carbonyl (C=O) groups excluding carboxylic acids is 1. The van der Waals surface area contributed by atoms with Crippen LogP contribution in [0.5, 0.6) is 0 Å². The van der Waals surface area contributed by atoms with Gasteiger partial charge in [-0.3, -0.25) is 4.79 Å². The van der Waals surface area contributed by atoms with Crippen molar-refractivity contribution in [3.05, 3.63) is 0 Å². The lowest BCUT2D eigenvalue weighted by molar-refractivity contribution is -0.140. The summed E-state index contributed by atoms with van der Waals surface area (Å²) in [7, 11) is 0. The summed E-state index contributed by atoms with van der Waals surface area (Å²) < 4.78 is 0. The summed E-state index contributed by atoms with van der Waals surface area (Å²) in [6.07, 6.45) is 2.97. The lowest BCUT2D eigenvalue weighted by Gasteiger charge is -2.37. The van der Waals surface area contributed by atoms with Crippen molar-refractivity contribution >= 4 is 5.91 Å². The lowest BCUT2D eigenvalue weighted by atomic mass is 9.93. The summed E-state index contributed by atoms with van der Waals surface area (Å²) in [5, 5.41) is 18.8. The summed E-state index contributed by atoms with van der Waals surface area (Å²) in [5.41, 5.74) is -0.792. The molecule has 2 unspecified atom stereocenters. The van der Waals surface area contributed by atoms with E-state index in [4.69, 9.17) is 5.26 Å². The van der Waals surface area contributed by atoms with Crippen molar-refractivity contribution < 1.29 is 9.90 Å². The van der Waals surface area contributed by atoms with Gasteiger partial charge >= 0.3 is 0 Å². The highest BCUT2D eigenvalue weighted by molar-refractivity contribution is 5.81. The van der Waals surface area contributed by atoms with Crippen LogP contribution in [-0.2, 0) is 4.79 Å². The lowest BCUT2D eigenvalue weighted by Crippen LogP contribution is -2.50. The van der Waals surface area contributed by atoms with Crippen LogP contribution in [0, 0.1) is 17.2 Å². The fraction of sp³-hybridized carbons (Fsp3) is 0.833. The molecule has 1 amide bonds. The first-order valence-electron chi connectivity index (χ1n) is 5.91. The van der Waals surface area contributed by atoms with Crippen LogP contribution in [0.2, 0.25) is 0 Å². The second-order valence-electron chi connectivity index (χ2n) is 4.83. The van der Waals surface area contributed by atoms with Gasteiger partial charge in [-0.2, -0.15) is 5.26 Å². The Hall–Kier alpha value is -1.08. The molecule has 1 saturated heterocycles. The Balaban J connectivity index is 2.63. The monoisotopic (exact) mass is 224 g/mol. The van der Waals surface area contributed by atoms with Gasteiger partial charge in [0.05, 0.1) is 11.7 Å². The standard InChI is InChI=1S/C12H20N2O2/c1-3-5-10(8-13)11(15)14-7-4-6-12(2,16)9-14/h10,16H,3-7,9H2,1-2H3. The Kier molecular flexibility index (Phi) is 4.31. The molecule has 4 nitrogen and oxygen atoms in total. The Bertz CT molecular complexity index is 294. The van der Waals surface area contributed by atoms with Crippen LogP contribution in [0.4, 0.5) is 0 Å². The Labute approximate surface area is 96.9 Å². The number of rotatable bonds is 3. The highest BCUT2D eigenvalue weighted by Crippen LogP contribution is 2.22. The molecule has 0 radical (unpaired) electrons. The molecule has 0 aromatic heterocycles. The van der Waals surface area contributed by atoms with Crippen LogP contribution in [0.15, 0.2) is 0 Å². The predicted octanol–water partition coefficient (Wildman–Crippen LogP) is 1.30. The molecule has 1 rings (SSSR count). The molecule has 16 heavy (non-hydrogen) atoms. The van der Waals surface area contributed by atoms with E-state index in [1.165, 1.54) is 0 Å². The summed E-state index contributed by atoms with van der Waals surface area (Å²) in [5.74, 6) is -0.664. The van der Waals surface area contributed by atoms with Crippen molar-refractivity contribution in [3.8, 4) is 6.07 Å². The van der Waals surface area contributed by atoms with Gasteiger partial charge in [0.15, 0.2) is 0 Å². The topological polar surface area (TPSA) is 64.3 Å². The van der Waals surface area contributed by atoms with Crippen molar-refractivity contribution in [2.24, 2.45) is 5.92 Å². The fourth-order valence-corrected chi connectivity index (χ4v) is 2.16. The molecule has 0 spiro atoms. The molecule has 2 atom stereocenters. The molecule has 0 aromatic carbocycles. The quantitative estimate of drug-likeness (QED) is 0.785. The number of hydrogen-bond donors (Lipinski definition) is 1. The highest BCUT2D eigenvalue weighted by Gasteiger charge is 2.33. The first-order valence-corrected chi connectivity index (χ1v) is 5.91. The normalized spacial score (nSPS) is 27.2. The maximum atomic E-state index is 12.0. The third-order valence-corrected chi connectivity index (χ3v) is 3.02.